The van der Waals surface area contributed by atoms with E-state index in [0.717, 1.165) is 32.1 Å². The van der Waals surface area contributed by atoms with Gasteiger partial charge in [0.25, 0.3) is 5.91 Å². The summed E-state index contributed by atoms with van der Waals surface area (Å²) >= 11 is 3.94. The molecule has 7 heteroatoms. The predicted molar refractivity (Wildman–Crippen MR) is 109 cm³/mol. The molecule has 2 aliphatic rings. The van der Waals surface area contributed by atoms with E-state index in [9.17, 15) is 4.79 Å². The normalized spacial score (nSPS) is 18.1. The Bertz CT molecular complexity index is 740. The highest BCUT2D eigenvalue weighted by Gasteiger charge is 2.18. The van der Waals surface area contributed by atoms with Gasteiger partial charge in [0, 0.05) is 30.2 Å². The highest BCUT2D eigenvalue weighted by atomic mass is 32.2. The summed E-state index contributed by atoms with van der Waals surface area (Å²) in [6.45, 7) is 3.16. The molecule has 2 fully saturated rings. The number of pyridine rings is 1. The van der Waals surface area contributed by atoms with Crippen LogP contribution >= 0.6 is 23.5 Å². The number of morpholine rings is 1. The van der Waals surface area contributed by atoms with Gasteiger partial charge < -0.3 is 15.0 Å². The second kappa shape index (κ2) is 8.33. The lowest BCUT2D eigenvalue weighted by Crippen LogP contribution is -2.36. The summed E-state index contributed by atoms with van der Waals surface area (Å²) in [5.74, 6) is 3.21. The van der Waals surface area contributed by atoms with Crippen molar-refractivity contribution in [3.63, 3.8) is 0 Å². The molecule has 0 saturated carbocycles. The minimum Gasteiger partial charge on any atom is -0.378 e. The van der Waals surface area contributed by atoms with Gasteiger partial charge in [-0.15, -0.1) is 23.5 Å². The van der Waals surface area contributed by atoms with Gasteiger partial charge in [0.2, 0.25) is 0 Å². The Labute approximate surface area is 161 Å². The van der Waals surface area contributed by atoms with Crippen LogP contribution < -0.4 is 10.2 Å². The van der Waals surface area contributed by atoms with Crippen molar-refractivity contribution in [2.45, 2.75) is 4.58 Å². The number of hydrogen-bond donors (Lipinski definition) is 1. The first-order chi connectivity index (χ1) is 12.8. The lowest BCUT2D eigenvalue weighted by Gasteiger charge is -2.27. The Morgan fingerprint density at radius 2 is 1.81 bits per heavy atom. The van der Waals surface area contributed by atoms with Gasteiger partial charge in [-0.05, 0) is 29.8 Å². The summed E-state index contributed by atoms with van der Waals surface area (Å²) in [5, 5.41) is 2.92. The van der Waals surface area contributed by atoms with Crippen molar-refractivity contribution in [1.29, 1.82) is 0 Å². The van der Waals surface area contributed by atoms with E-state index in [4.69, 9.17) is 4.74 Å². The molecule has 26 heavy (non-hydrogen) atoms. The SMILES string of the molecule is O=C(Nc1ccc(N2CCOCC2)nc1)c1ccc(C2SCCS2)cc1. The van der Waals surface area contributed by atoms with Gasteiger partial charge >= 0.3 is 0 Å². The third-order valence-electron chi connectivity index (χ3n) is 4.41. The lowest BCUT2D eigenvalue weighted by atomic mass is 10.1. The standard InChI is InChI=1S/C19H21N3O2S2/c23-18(14-1-3-15(4-2-14)19-25-11-12-26-19)21-16-5-6-17(20-13-16)22-7-9-24-10-8-22/h1-6,13,19H,7-12H2,(H,21,23). The summed E-state index contributed by atoms with van der Waals surface area (Å²) in [6.07, 6.45) is 1.71. The van der Waals surface area contributed by atoms with E-state index in [1.807, 2.05) is 47.8 Å². The van der Waals surface area contributed by atoms with E-state index < -0.39 is 0 Å². The van der Waals surface area contributed by atoms with Gasteiger partial charge in [-0.2, -0.15) is 0 Å². The van der Waals surface area contributed by atoms with Crippen LogP contribution in [0.3, 0.4) is 0 Å². The molecule has 1 amide bonds. The van der Waals surface area contributed by atoms with Crippen molar-refractivity contribution in [2.24, 2.45) is 0 Å². The summed E-state index contributed by atoms with van der Waals surface area (Å²) in [6, 6.07) is 11.8. The maximum atomic E-state index is 12.5. The molecule has 2 saturated heterocycles. The van der Waals surface area contributed by atoms with Crippen molar-refractivity contribution < 1.29 is 9.53 Å². The third kappa shape index (κ3) is 4.16. The van der Waals surface area contributed by atoms with Crippen LogP contribution in [0.25, 0.3) is 0 Å². The molecule has 0 radical (unpaired) electrons. The number of carbonyl (C=O) groups excluding carboxylic acids is 1. The molecular weight excluding hydrogens is 366 g/mol. The van der Waals surface area contributed by atoms with Crippen LogP contribution in [0.15, 0.2) is 42.6 Å². The average molecular weight is 388 g/mol. The lowest BCUT2D eigenvalue weighted by molar-refractivity contribution is 0.102. The number of carbonyl (C=O) groups is 1. The smallest absolute Gasteiger partial charge is 0.255 e. The highest BCUT2D eigenvalue weighted by molar-refractivity contribution is 8.19. The van der Waals surface area contributed by atoms with E-state index in [1.54, 1.807) is 6.20 Å². The zero-order chi connectivity index (χ0) is 17.8. The number of rotatable bonds is 4. The van der Waals surface area contributed by atoms with Crippen molar-refractivity contribution in [3.05, 3.63) is 53.7 Å². The Morgan fingerprint density at radius 3 is 2.46 bits per heavy atom. The Hall–Kier alpha value is -1.70. The van der Waals surface area contributed by atoms with Crippen LogP contribution in [0.1, 0.15) is 20.5 Å². The Morgan fingerprint density at radius 1 is 1.08 bits per heavy atom. The number of nitrogens with zero attached hydrogens (tertiary/aromatic N) is 2. The molecule has 0 bridgehead atoms. The molecule has 0 spiro atoms. The third-order valence-corrected chi connectivity index (χ3v) is 7.51. The van der Waals surface area contributed by atoms with Crippen LogP contribution in [-0.4, -0.2) is 48.7 Å². The van der Waals surface area contributed by atoms with Gasteiger partial charge in [0.15, 0.2) is 0 Å². The fraction of sp³-hybridized carbons (Fsp3) is 0.368. The number of thioether (sulfide) groups is 2. The first-order valence-electron chi connectivity index (χ1n) is 8.73. The van der Waals surface area contributed by atoms with Gasteiger partial charge in [0.1, 0.15) is 5.82 Å². The number of ether oxygens (including phenoxy) is 1. The molecular formula is C19H21N3O2S2. The van der Waals surface area contributed by atoms with Crippen LogP contribution in [0.4, 0.5) is 11.5 Å². The van der Waals surface area contributed by atoms with Crippen molar-refractivity contribution in [3.8, 4) is 0 Å². The van der Waals surface area contributed by atoms with Gasteiger partial charge in [-0.3, -0.25) is 4.79 Å². The van der Waals surface area contributed by atoms with E-state index in [-0.39, 0.29) is 5.91 Å². The minimum absolute atomic E-state index is 0.107. The van der Waals surface area contributed by atoms with Crippen LogP contribution in [0, 0.1) is 0 Å². The molecule has 5 nitrogen and oxygen atoms in total. The Balaban J connectivity index is 1.37. The summed E-state index contributed by atoms with van der Waals surface area (Å²) < 4.78 is 5.86. The molecule has 0 atom stereocenters. The topological polar surface area (TPSA) is 54.5 Å². The molecule has 1 N–H and O–H groups in total. The summed E-state index contributed by atoms with van der Waals surface area (Å²) in [4.78, 5) is 19.1. The van der Waals surface area contributed by atoms with Gasteiger partial charge in [0.05, 0.1) is 29.7 Å². The quantitative estimate of drug-likeness (QED) is 0.864. The minimum atomic E-state index is -0.107. The maximum absolute atomic E-state index is 12.5. The molecule has 1 aromatic carbocycles. The predicted octanol–water partition coefficient (Wildman–Crippen LogP) is 3.65. The highest BCUT2D eigenvalue weighted by Crippen LogP contribution is 2.45. The molecule has 3 heterocycles. The fourth-order valence-corrected chi connectivity index (χ4v) is 5.84. The fourth-order valence-electron chi connectivity index (χ4n) is 2.99. The first kappa shape index (κ1) is 17.7. The number of hydrogen-bond acceptors (Lipinski definition) is 6. The molecule has 2 aliphatic heterocycles. The van der Waals surface area contributed by atoms with E-state index >= 15 is 0 Å². The molecule has 0 aliphatic carbocycles. The van der Waals surface area contributed by atoms with Crippen molar-refractivity contribution in [2.75, 3.05) is 48.0 Å². The molecule has 1 aromatic heterocycles. The molecule has 2 aromatic rings. The number of nitrogens with one attached hydrogen (secondary N) is 1. The number of amides is 1. The molecule has 4 rings (SSSR count). The Kier molecular flexibility index (Phi) is 5.67. The average Bonchev–Trinajstić information content (AvgIpc) is 3.24. The van der Waals surface area contributed by atoms with Crippen LogP contribution in [-0.2, 0) is 4.74 Å². The van der Waals surface area contributed by atoms with E-state index in [0.29, 0.717) is 15.8 Å². The summed E-state index contributed by atoms with van der Waals surface area (Å²) in [7, 11) is 0. The summed E-state index contributed by atoms with van der Waals surface area (Å²) in [5.41, 5.74) is 2.66. The molecule has 136 valence electrons. The zero-order valence-electron chi connectivity index (χ0n) is 14.4. The number of benzene rings is 1. The maximum Gasteiger partial charge on any atom is 0.255 e. The number of anilines is 2. The van der Waals surface area contributed by atoms with Gasteiger partial charge in [-0.25, -0.2) is 4.98 Å². The van der Waals surface area contributed by atoms with Crippen molar-refractivity contribution >= 4 is 40.9 Å². The largest absolute Gasteiger partial charge is 0.378 e. The second-order valence-corrected chi connectivity index (χ2v) is 8.88. The van der Waals surface area contributed by atoms with E-state index in [2.05, 4.69) is 27.3 Å². The number of aromatic nitrogens is 1. The molecule has 0 unspecified atom stereocenters. The van der Waals surface area contributed by atoms with Crippen LogP contribution in [0.5, 0.6) is 0 Å². The zero-order valence-corrected chi connectivity index (χ0v) is 16.0. The van der Waals surface area contributed by atoms with Gasteiger partial charge in [-0.1, -0.05) is 12.1 Å². The van der Waals surface area contributed by atoms with Crippen molar-refractivity contribution in [1.82, 2.24) is 4.98 Å². The monoisotopic (exact) mass is 387 g/mol. The first-order valence-corrected chi connectivity index (χ1v) is 10.8. The second-order valence-electron chi connectivity index (χ2n) is 6.15. The van der Waals surface area contributed by atoms with E-state index in [1.165, 1.54) is 17.1 Å². The van der Waals surface area contributed by atoms with Crippen LogP contribution in [0.2, 0.25) is 0 Å².